The Balaban J connectivity index is 1.77. The summed E-state index contributed by atoms with van der Waals surface area (Å²) >= 11 is 0. The third kappa shape index (κ3) is 9.63. The van der Waals surface area contributed by atoms with Gasteiger partial charge in [-0.2, -0.15) is 4.31 Å². The Hall–Kier alpha value is -3.24. The van der Waals surface area contributed by atoms with Gasteiger partial charge in [-0.25, -0.2) is 8.42 Å². The summed E-state index contributed by atoms with van der Waals surface area (Å²) in [6.07, 6.45) is 3.24. The maximum Gasteiger partial charge on any atom is 0.243 e. The van der Waals surface area contributed by atoms with E-state index in [2.05, 4.69) is 12.2 Å². The molecule has 0 aliphatic carbocycles. The van der Waals surface area contributed by atoms with Gasteiger partial charge in [0.05, 0.1) is 17.5 Å². The second kappa shape index (κ2) is 16.6. The molecule has 0 fully saturated rings. The number of carbonyl (C=O) groups is 1. The summed E-state index contributed by atoms with van der Waals surface area (Å²) in [5.41, 5.74) is 14.3. The molecule has 6 N–H and O–H groups in total. The molecule has 3 atom stereocenters. The van der Waals surface area contributed by atoms with Crippen LogP contribution in [0.15, 0.2) is 89.8 Å². The van der Waals surface area contributed by atoms with E-state index in [-0.39, 0.29) is 23.5 Å². The third-order valence-corrected chi connectivity index (χ3v) is 9.95. The molecule has 9 heteroatoms. The van der Waals surface area contributed by atoms with Crippen molar-refractivity contribution in [1.29, 1.82) is 0 Å². The molecule has 0 saturated carbocycles. The van der Waals surface area contributed by atoms with Crippen molar-refractivity contribution < 1.29 is 18.3 Å². The number of anilines is 1. The summed E-state index contributed by atoms with van der Waals surface area (Å²) in [7, 11) is -3.84. The van der Waals surface area contributed by atoms with Crippen LogP contribution in [0.1, 0.15) is 69.9 Å². The molecular weight excluding hydrogens is 560 g/mol. The first kappa shape index (κ1) is 34.3. The van der Waals surface area contributed by atoms with Crippen molar-refractivity contribution in [3.8, 4) is 0 Å². The van der Waals surface area contributed by atoms with E-state index in [1.165, 1.54) is 16.4 Å². The number of amides is 1. The van der Waals surface area contributed by atoms with Crippen molar-refractivity contribution in [2.45, 2.75) is 81.8 Å². The number of aliphatic hydroxyl groups excluding tert-OH is 1. The normalized spacial score (nSPS) is 14.2. The fourth-order valence-electron chi connectivity index (χ4n) is 5.49. The van der Waals surface area contributed by atoms with E-state index in [4.69, 9.17) is 11.5 Å². The van der Waals surface area contributed by atoms with Crippen molar-refractivity contribution in [3.63, 3.8) is 0 Å². The lowest BCUT2D eigenvalue weighted by Crippen LogP contribution is -2.50. The highest BCUT2D eigenvalue weighted by Crippen LogP contribution is 2.29. The molecular formula is C34H48N4O4S. The van der Waals surface area contributed by atoms with Gasteiger partial charge in [0.2, 0.25) is 15.9 Å². The van der Waals surface area contributed by atoms with Gasteiger partial charge in [-0.05, 0) is 67.0 Å². The van der Waals surface area contributed by atoms with Crippen molar-refractivity contribution in [2.75, 3.05) is 18.9 Å². The molecule has 43 heavy (non-hydrogen) atoms. The number of nitrogen functional groups attached to an aromatic ring is 1. The highest BCUT2D eigenvalue weighted by atomic mass is 32.2. The van der Waals surface area contributed by atoms with Gasteiger partial charge in [0.25, 0.3) is 0 Å². The molecule has 0 radical (unpaired) electrons. The summed E-state index contributed by atoms with van der Waals surface area (Å²) in [5.74, 6) is -0.403. The largest absolute Gasteiger partial charge is 0.399 e. The fraction of sp³-hybridized carbons (Fsp3) is 0.441. The first-order valence-corrected chi connectivity index (χ1v) is 16.7. The summed E-state index contributed by atoms with van der Waals surface area (Å²) in [4.78, 5) is 13.1. The topological polar surface area (TPSA) is 139 Å². The van der Waals surface area contributed by atoms with Gasteiger partial charge in [0.1, 0.15) is 0 Å². The number of carbonyl (C=O) groups excluding carboxylic acids is 1. The molecule has 8 nitrogen and oxygen atoms in total. The molecule has 3 rings (SSSR count). The lowest BCUT2D eigenvalue weighted by Gasteiger charge is -2.32. The Kier molecular flexibility index (Phi) is 13.2. The van der Waals surface area contributed by atoms with Crippen LogP contribution < -0.4 is 16.8 Å². The number of nitrogens with zero attached hydrogens (tertiary/aromatic N) is 1. The number of benzene rings is 3. The number of hydrogen-bond acceptors (Lipinski definition) is 6. The monoisotopic (exact) mass is 608 g/mol. The molecule has 0 bridgehead atoms. The highest BCUT2D eigenvalue weighted by molar-refractivity contribution is 7.89. The highest BCUT2D eigenvalue weighted by Gasteiger charge is 2.33. The Morgan fingerprint density at radius 3 is 1.91 bits per heavy atom. The van der Waals surface area contributed by atoms with E-state index < -0.39 is 28.0 Å². The Morgan fingerprint density at radius 2 is 1.44 bits per heavy atom. The standard InChI is InChI=1S/C34H48N4O4S/c1-4-29(37-33(34(36)40)32(26-12-7-5-8-13-26)27-14-9-6-10-15-27)16-11-17-30(24-39)38(23-22-25(2)3)43(41,42)31-20-18-28(35)19-21-31/h5-10,12-15,18-21,25,29-30,32-33,37,39H,4,11,16-17,22-24,35H2,1-3H3,(H2,36,40)/t29-,30-,33-/m0/s1. The zero-order chi connectivity index (χ0) is 31.4. The van der Waals surface area contributed by atoms with Gasteiger partial charge in [-0.3, -0.25) is 4.79 Å². The van der Waals surface area contributed by atoms with E-state index in [1.54, 1.807) is 12.1 Å². The number of sulfonamides is 1. The number of nitrogens with one attached hydrogen (secondary N) is 1. The Labute approximate surface area is 257 Å². The second-order valence-electron chi connectivity index (χ2n) is 11.6. The molecule has 0 unspecified atom stereocenters. The van der Waals surface area contributed by atoms with E-state index in [9.17, 15) is 18.3 Å². The van der Waals surface area contributed by atoms with Gasteiger partial charge >= 0.3 is 0 Å². The molecule has 0 aliphatic heterocycles. The van der Waals surface area contributed by atoms with Crippen LogP contribution in [0.4, 0.5) is 5.69 Å². The van der Waals surface area contributed by atoms with Crippen LogP contribution >= 0.6 is 0 Å². The van der Waals surface area contributed by atoms with Gasteiger partial charge in [-0.15, -0.1) is 0 Å². The van der Waals surface area contributed by atoms with Crippen LogP contribution in [0.5, 0.6) is 0 Å². The average molecular weight is 609 g/mol. The first-order valence-electron chi connectivity index (χ1n) is 15.2. The fourth-order valence-corrected chi connectivity index (χ4v) is 7.15. The van der Waals surface area contributed by atoms with Gasteiger partial charge in [0, 0.05) is 30.2 Å². The predicted octanol–water partition coefficient (Wildman–Crippen LogP) is 4.89. The zero-order valence-electron chi connectivity index (χ0n) is 25.6. The van der Waals surface area contributed by atoms with Crippen LogP contribution in [0.25, 0.3) is 0 Å². The second-order valence-corrected chi connectivity index (χ2v) is 13.5. The van der Waals surface area contributed by atoms with Crippen molar-refractivity contribution >= 4 is 21.6 Å². The molecule has 0 aromatic heterocycles. The number of hydrogen-bond donors (Lipinski definition) is 4. The summed E-state index contributed by atoms with van der Waals surface area (Å²) < 4.78 is 28.8. The SMILES string of the molecule is CC[C@@H](CCC[C@@H](CO)N(CCC(C)C)S(=O)(=O)c1ccc(N)cc1)N[C@H](C(N)=O)C(c1ccccc1)c1ccccc1. The molecule has 3 aromatic rings. The molecule has 1 amide bonds. The maximum atomic E-state index is 13.7. The minimum absolute atomic E-state index is 0.0374. The van der Waals surface area contributed by atoms with Crippen molar-refractivity contribution in [1.82, 2.24) is 9.62 Å². The van der Waals surface area contributed by atoms with E-state index in [0.717, 1.165) is 17.5 Å². The van der Waals surface area contributed by atoms with Gasteiger partial charge < -0.3 is 21.9 Å². The van der Waals surface area contributed by atoms with Crippen molar-refractivity contribution in [2.24, 2.45) is 11.7 Å². The van der Waals surface area contributed by atoms with E-state index in [0.29, 0.717) is 43.8 Å². The van der Waals surface area contributed by atoms with Crippen LogP contribution in [0.2, 0.25) is 0 Å². The quantitative estimate of drug-likeness (QED) is 0.152. The average Bonchev–Trinajstić information content (AvgIpc) is 3.00. The molecule has 0 saturated heterocycles. The minimum atomic E-state index is -3.84. The molecule has 234 valence electrons. The first-order chi connectivity index (χ1) is 20.6. The molecule has 0 spiro atoms. The van der Waals surface area contributed by atoms with Crippen LogP contribution in [0, 0.1) is 5.92 Å². The van der Waals surface area contributed by atoms with Crippen LogP contribution in [-0.2, 0) is 14.8 Å². The predicted molar refractivity (Wildman–Crippen MR) is 174 cm³/mol. The Bertz CT molecular complexity index is 1310. The number of rotatable bonds is 18. The number of primary amides is 1. The van der Waals surface area contributed by atoms with E-state index in [1.807, 2.05) is 74.5 Å². The van der Waals surface area contributed by atoms with Gasteiger partial charge in [-0.1, -0.05) is 87.9 Å². The number of nitrogens with two attached hydrogens (primary N) is 2. The third-order valence-electron chi connectivity index (χ3n) is 7.99. The van der Waals surface area contributed by atoms with E-state index >= 15 is 0 Å². The smallest absolute Gasteiger partial charge is 0.243 e. The van der Waals surface area contributed by atoms with Gasteiger partial charge in [0.15, 0.2) is 0 Å². The molecule has 0 aliphatic rings. The summed E-state index contributed by atoms with van der Waals surface area (Å²) in [6.45, 7) is 6.18. The Morgan fingerprint density at radius 1 is 0.884 bits per heavy atom. The number of aliphatic hydroxyl groups is 1. The lowest BCUT2D eigenvalue weighted by molar-refractivity contribution is -0.120. The van der Waals surface area contributed by atoms with Crippen LogP contribution in [-0.4, -0.2) is 55.0 Å². The van der Waals surface area contributed by atoms with Crippen molar-refractivity contribution in [3.05, 3.63) is 96.1 Å². The van der Waals surface area contributed by atoms with Crippen LogP contribution in [0.3, 0.4) is 0 Å². The maximum absolute atomic E-state index is 13.7. The lowest BCUT2D eigenvalue weighted by atomic mass is 9.84. The molecule has 0 heterocycles. The molecule has 3 aromatic carbocycles. The minimum Gasteiger partial charge on any atom is -0.399 e. The zero-order valence-corrected chi connectivity index (χ0v) is 26.4. The summed E-state index contributed by atoms with van der Waals surface area (Å²) in [6, 6.07) is 24.7. The summed E-state index contributed by atoms with van der Waals surface area (Å²) in [5, 5.41) is 13.9.